The van der Waals surface area contributed by atoms with Gasteiger partial charge in [-0.2, -0.15) is 0 Å². The van der Waals surface area contributed by atoms with Gasteiger partial charge >= 0.3 is 0 Å². The van der Waals surface area contributed by atoms with Gasteiger partial charge in [-0.15, -0.1) is 0 Å². The number of carbonyl (C=O) groups is 2. The minimum absolute atomic E-state index is 0.0173. The highest BCUT2D eigenvalue weighted by atomic mass is 35.5. The van der Waals surface area contributed by atoms with E-state index >= 15 is 0 Å². The zero-order chi connectivity index (χ0) is 28.9. The lowest BCUT2D eigenvalue weighted by molar-refractivity contribution is -0.139. The Hall–Kier alpha value is -3.36. The Morgan fingerprint density at radius 1 is 0.975 bits per heavy atom. The van der Waals surface area contributed by atoms with E-state index < -0.39 is 28.5 Å². The van der Waals surface area contributed by atoms with Crippen LogP contribution in [0.15, 0.2) is 77.7 Å². The smallest absolute Gasteiger partial charge is 0.264 e. The van der Waals surface area contributed by atoms with Crippen LogP contribution in [0.25, 0.3) is 0 Å². The van der Waals surface area contributed by atoms with E-state index in [0.717, 1.165) is 46.7 Å². The van der Waals surface area contributed by atoms with Crippen LogP contribution in [-0.2, 0) is 26.2 Å². The molecular weight excluding hydrogens is 546 g/mol. The SMILES string of the molecule is Cc1cccc(N(CC(=O)N(Cc2ccccc2C)C(C)C(=O)NC2CCCC2)S(=O)(=O)c2ccc(Cl)cc2)c1. The Balaban J connectivity index is 1.69. The summed E-state index contributed by atoms with van der Waals surface area (Å²) < 4.78 is 28.9. The molecule has 3 aromatic carbocycles. The molecule has 0 spiro atoms. The first kappa shape index (κ1) is 29.6. The molecule has 212 valence electrons. The van der Waals surface area contributed by atoms with Crippen LogP contribution in [0.2, 0.25) is 5.02 Å². The van der Waals surface area contributed by atoms with Crippen LogP contribution >= 0.6 is 11.6 Å². The Morgan fingerprint density at radius 3 is 2.30 bits per heavy atom. The minimum Gasteiger partial charge on any atom is -0.352 e. The molecule has 7 nitrogen and oxygen atoms in total. The third-order valence-corrected chi connectivity index (χ3v) is 9.48. The summed E-state index contributed by atoms with van der Waals surface area (Å²) in [7, 11) is -4.14. The Kier molecular flexibility index (Phi) is 9.53. The van der Waals surface area contributed by atoms with Crippen LogP contribution in [0.1, 0.15) is 49.3 Å². The van der Waals surface area contributed by atoms with E-state index in [2.05, 4.69) is 5.32 Å². The van der Waals surface area contributed by atoms with Gasteiger partial charge in [-0.1, -0.05) is 60.8 Å². The van der Waals surface area contributed by atoms with Crippen molar-refractivity contribution in [1.29, 1.82) is 0 Å². The molecule has 0 bridgehead atoms. The van der Waals surface area contributed by atoms with E-state index in [4.69, 9.17) is 11.6 Å². The summed E-state index contributed by atoms with van der Waals surface area (Å²) in [5, 5.41) is 3.50. The number of rotatable bonds is 10. The van der Waals surface area contributed by atoms with E-state index in [0.29, 0.717) is 10.7 Å². The summed E-state index contributed by atoms with van der Waals surface area (Å²) in [6, 6.07) is 19.8. The Labute approximate surface area is 242 Å². The van der Waals surface area contributed by atoms with E-state index in [1.165, 1.54) is 29.2 Å². The number of aryl methyl sites for hydroxylation is 2. The summed E-state index contributed by atoms with van der Waals surface area (Å²) in [5.74, 6) is -0.715. The fraction of sp³-hybridized carbons (Fsp3) is 0.355. The maximum absolute atomic E-state index is 14.1. The molecule has 3 aromatic rings. The quantitative estimate of drug-likeness (QED) is 0.336. The van der Waals surface area contributed by atoms with Gasteiger partial charge in [0.15, 0.2) is 0 Å². The number of carbonyl (C=O) groups excluding carboxylic acids is 2. The van der Waals surface area contributed by atoms with Gasteiger partial charge in [0, 0.05) is 17.6 Å². The zero-order valence-electron chi connectivity index (χ0n) is 23.1. The fourth-order valence-electron chi connectivity index (χ4n) is 4.99. The van der Waals surface area contributed by atoms with E-state index in [9.17, 15) is 18.0 Å². The second-order valence-electron chi connectivity index (χ2n) is 10.4. The topological polar surface area (TPSA) is 86.8 Å². The van der Waals surface area contributed by atoms with Crippen molar-refractivity contribution >= 4 is 39.1 Å². The van der Waals surface area contributed by atoms with Crippen molar-refractivity contribution in [3.05, 3.63) is 94.5 Å². The first-order chi connectivity index (χ1) is 19.1. The molecule has 2 amide bonds. The fourth-order valence-corrected chi connectivity index (χ4v) is 6.52. The van der Waals surface area contributed by atoms with Gasteiger partial charge in [-0.05, 0) is 86.7 Å². The number of benzene rings is 3. The second kappa shape index (κ2) is 12.9. The summed E-state index contributed by atoms with van der Waals surface area (Å²) in [4.78, 5) is 28.9. The molecule has 0 aliphatic heterocycles. The molecule has 0 heterocycles. The molecule has 1 N–H and O–H groups in total. The van der Waals surface area contributed by atoms with Gasteiger partial charge in [0.1, 0.15) is 12.6 Å². The predicted molar refractivity (Wildman–Crippen MR) is 159 cm³/mol. The standard InChI is InChI=1S/C31H36ClN3O4S/c1-22-9-8-14-28(19-22)35(40(38,39)29-17-15-26(32)16-18-29)21-30(36)34(20-25-11-5-4-10-23(25)2)24(3)31(37)33-27-12-6-7-13-27/h4-5,8-11,14-19,24,27H,6-7,12-13,20-21H2,1-3H3,(H,33,37). The van der Waals surface area contributed by atoms with Gasteiger partial charge in [0.05, 0.1) is 10.6 Å². The summed E-state index contributed by atoms with van der Waals surface area (Å²) >= 11 is 6.01. The minimum atomic E-state index is -4.14. The molecule has 9 heteroatoms. The summed E-state index contributed by atoms with van der Waals surface area (Å²) in [6.45, 7) is 5.21. The maximum Gasteiger partial charge on any atom is 0.264 e. The van der Waals surface area contributed by atoms with Gasteiger partial charge in [0.2, 0.25) is 11.8 Å². The van der Waals surface area contributed by atoms with Crippen LogP contribution in [0, 0.1) is 13.8 Å². The van der Waals surface area contributed by atoms with E-state index in [-0.39, 0.29) is 23.4 Å². The average Bonchev–Trinajstić information content (AvgIpc) is 3.44. The average molecular weight is 582 g/mol. The van der Waals surface area contributed by atoms with Crippen molar-refractivity contribution < 1.29 is 18.0 Å². The van der Waals surface area contributed by atoms with Gasteiger partial charge in [-0.25, -0.2) is 8.42 Å². The first-order valence-corrected chi connectivity index (χ1v) is 15.4. The predicted octanol–water partition coefficient (Wildman–Crippen LogP) is 5.63. The van der Waals surface area contributed by atoms with E-state index in [1.807, 2.05) is 44.2 Å². The molecule has 1 aliphatic carbocycles. The number of nitrogens with one attached hydrogen (secondary N) is 1. The molecule has 0 aromatic heterocycles. The lowest BCUT2D eigenvalue weighted by Gasteiger charge is -2.33. The number of halogens is 1. The number of anilines is 1. The van der Waals surface area contributed by atoms with Crippen molar-refractivity contribution in [3.8, 4) is 0 Å². The van der Waals surface area contributed by atoms with Gasteiger partial charge in [0.25, 0.3) is 10.0 Å². The number of nitrogens with zero attached hydrogens (tertiary/aromatic N) is 2. The Morgan fingerprint density at radius 2 is 1.65 bits per heavy atom. The van der Waals surface area contributed by atoms with Crippen LogP contribution in [0.5, 0.6) is 0 Å². The lowest BCUT2D eigenvalue weighted by atomic mass is 10.1. The highest BCUT2D eigenvalue weighted by molar-refractivity contribution is 7.92. The molecule has 1 fully saturated rings. The number of amides is 2. The van der Waals surface area contributed by atoms with Crippen LogP contribution < -0.4 is 9.62 Å². The summed E-state index contributed by atoms with van der Waals surface area (Å²) in [6.07, 6.45) is 3.98. The van der Waals surface area contributed by atoms with Crippen LogP contribution in [0.4, 0.5) is 5.69 Å². The highest BCUT2D eigenvalue weighted by Gasteiger charge is 2.33. The van der Waals surface area contributed by atoms with Gasteiger partial charge < -0.3 is 10.2 Å². The Bertz CT molecular complexity index is 1450. The molecule has 1 unspecified atom stereocenters. The molecule has 1 saturated carbocycles. The van der Waals surface area contributed by atoms with Crippen molar-refractivity contribution in [2.24, 2.45) is 0 Å². The first-order valence-electron chi connectivity index (χ1n) is 13.6. The van der Waals surface area contributed by atoms with Crippen LogP contribution in [0.3, 0.4) is 0 Å². The summed E-state index contributed by atoms with van der Waals surface area (Å²) in [5.41, 5.74) is 3.08. The molecule has 40 heavy (non-hydrogen) atoms. The van der Waals surface area contributed by atoms with Crippen molar-refractivity contribution in [2.75, 3.05) is 10.8 Å². The third kappa shape index (κ3) is 7.04. The molecular formula is C31H36ClN3O4S. The molecule has 0 saturated heterocycles. The van der Waals surface area contributed by atoms with Crippen molar-refractivity contribution in [1.82, 2.24) is 10.2 Å². The van der Waals surface area contributed by atoms with E-state index in [1.54, 1.807) is 25.1 Å². The number of hydrogen-bond acceptors (Lipinski definition) is 4. The highest BCUT2D eigenvalue weighted by Crippen LogP contribution is 2.27. The van der Waals surface area contributed by atoms with Crippen molar-refractivity contribution in [2.45, 2.75) is 70.0 Å². The largest absolute Gasteiger partial charge is 0.352 e. The molecule has 0 radical (unpaired) electrons. The van der Waals surface area contributed by atoms with Gasteiger partial charge in [-0.3, -0.25) is 13.9 Å². The number of sulfonamides is 1. The molecule has 1 atom stereocenters. The maximum atomic E-state index is 14.1. The lowest BCUT2D eigenvalue weighted by Crippen LogP contribution is -2.52. The molecule has 4 rings (SSSR count). The normalized spacial score (nSPS) is 14.5. The third-order valence-electron chi connectivity index (χ3n) is 7.44. The molecule has 1 aliphatic rings. The zero-order valence-corrected chi connectivity index (χ0v) is 24.7. The second-order valence-corrected chi connectivity index (χ2v) is 12.7. The van der Waals surface area contributed by atoms with Crippen LogP contribution in [-0.4, -0.2) is 43.8 Å². The monoisotopic (exact) mass is 581 g/mol. The number of hydrogen-bond donors (Lipinski definition) is 1. The van der Waals surface area contributed by atoms with Crippen molar-refractivity contribution in [3.63, 3.8) is 0 Å².